The number of hydrogen-bond acceptors (Lipinski definition) is 8. The largest absolute Gasteiger partial charge is 0.382 e. The molecule has 31 heavy (non-hydrogen) atoms. The third-order valence-corrected chi connectivity index (χ3v) is 5.80. The monoisotopic (exact) mass is 467 g/mol. The summed E-state index contributed by atoms with van der Waals surface area (Å²) in [5, 5.41) is 10.2. The van der Waals surface area contributed by atoms with E-state index < -0.39 is 38.9 Å². The maximum atomic E-state index is 14.4. The van der Waals surface area contributed by atoms with Gasteiger partial charge in [-0.15, -0.1) is 0 Å². The molecule has 9 nitrogen and oxygen atoms in total. The van der Waals surface area contributed by atoms with Gasteiger partial charge in [-0.3, -0.25) is 9.59 Å². The number of hydrogen-bond donors (Lipinski definition) is 4. The standard InChI is InChI=1S/C18H15F2N5O4S2/c1-8(26)23-10-6-12(19)14(13(20)7-10)15(27)16-17(21)25-18(30-16)24-9-2-4-11(5-3-9)31(22,28)29/h2-7H,21H2,1H3,(H,23,26)(H,24,25)(H2,22,28,29). The fraction of sp³-hybridized carbons (Fsp3) is 0.0556. The summed E-state index contributed by atoms with van der Waals surface area (Å²) in [7, 11) is -3.85. The molecule has 0 aliphatic rings. The van der Waals surface area contributed by atoms with Crippen LogP contribution in [-0.4, -0.2) is 25.1 Å². The van der Waals surface area contributed by atoms with E-state index in [1.165, 1.54) is 31.2 Å². The molecule has 0 radical (unpaired) electrons. The van der Waals surface area contributed by atoms with Crippen LogP contribution in [0.2, 0.25) is 0 Å². The van der Waals surface area contributed by atoms with Gasteiger partial charge in [0.1, 0.15) is 22.3 Å². The van der Waals surface area contributed by atoms with Crippen LogP contribution in [0.3, 0.4) is 0 Å². The summed E-state index contributed by atoms with van der Waals surface area (Å²) in [5.41, 5.74) is 5.19. The Kier molecular flexibility index (Phi) is 6.01. The molecule has 3 aromatic rings. The van der Waals surface area contributed by atoms with Crippen molar-refractivity contribution in [3.63, 3.8) is 0 Å². The highest BCUT2D eigenvalue weighted by atomic mass is 32.2. The van der Waals surface area contributed by atoms with E-state index in [1.54, 1.807) is 0 Å². The molecule has 0 saturated heterocycles. The van der Waals surface area contributed by atoms with Gasteiger partial charge < -0.3 is 16.4 Å². The number of halogens is 2. The molecular formula is C18H15F2N5O4S2. The van der Waals surface area contributed by atoms with E-state index in [0.29, 0.717) is 5.69 Å². The van der Waals surface area contributed by atoms with Gasteiger partial charge in [0.25, 0.3) is 0 Å². The molecule has 162 valence electrons. The van der Waals surface area contributed by atoms with Crippen molar-refractivity contribution in [1.82, 2.24) is 4.98 Å². The number of rotatable bonds is 6. The number of ketones is 1. The minimum absolute atomic E-state index is 0.0961. The maximum absolute atomic E-state index is 14.4. The first kappa shape index (κ1) is 22.3. The van der Waals surface area contributed by atoms with Gasteiger partial charge in [0.05, 0.1) is 10.5 Å². The Morgan fingerprint density at radius 2 is 1.65 bits per heavy atom. The van der Waals surface area contributed by atoms with Crippen LogP contribution in [0.4, 0.5) is 31.1 Å². The second kappa shape index (κ2) is 8.37. The summed E-state index contributed by atoms with van der Waals surface area (Å²) in [6, 6.07) is 7.00. The van der Waals surface area contributed by atoms with Gasteiger partial charge >= 0.3 is 0 Å². The number of primary sulfonamides is 1. The summed E-state index contributed by atoms with van der Waals surface area (Å²) in [4.78, 5) is 27.4. The fourth-order valence-corrected chi connectivity index (χ4v) is 3.95. The summed E-state index contributed by atoms with van der Waals surface area (Å²) in [6.45, 7) is 1.17. The van der Waals surface area contributed by atoms with Gasteiger partial charge in [-0.05, 0) is 36.4 Å². The van der Waals surface area contributed by atoms with E-state index in [-0.39, 0.29) is 26.4 Å². The van der Waals surface area contributed by atoms with Crippen LogP contribution in [0.1, 0.15) is 22.2 Å². The number of thiazole rings is 1. The molecule has 0 aliphatic heterocycles. The number of anilines is 4. The number of carbonyl (C=O) groups excluding carboxylic acids is 2. The molecule has 1 amide bonds. The lowest BCUT2D eigenvalue weighted by Crippen LogP contribution is -2.11. The third kappa shape index (κ3) is 5.02. The minimum Gasteiger partial charge on any atom is -0.382 e. The second-order valence-corrected chi connectivity index (χ2v) is 8.81. The number of amides is 1. The van der Waals surface area contributed by atoms with Crippen LogP contribution in [0.25, 0.3) is 0 Å². The first-order valence-electron chi connectivity index (χ1n) is 8.43. The van der Waals surface area contributed by atoms with Gasteiger partial charge in [-0.2, -0.15) is 0 Å². The zero-order chi connectivity index (χ0) is 22.9. The van der Waals surface area contributed by atoms with Crippen molar-refractivity contribution in [3.8, 4) is 0 Å². The lowest BCUT2D eigenvalue weighted by atomic mass is 10.1. The quantitative estimate of drug-likeness (QED) is 0.406. The number of nitrogens with zero attached hydrogens (tertiary/aromatic N) is 1. The molecule has 0 atom stereocenters. The Morgan fingerprint density at radius 1 is 1.06 bits per heavy atom. The van der Waals surface area contributed by atoms with Gasteiger partial charge in [-0.25, -0.2) is 27.3 Å². The number of benzene rings is 2. The van der Waals surface area contributed by atoms with Crippen molar-refractivity contribution in [3.05, 3.63) is 58.5 Å². The van der Waals surface area contributed by atoms with Gasteiger partial charge in [-0.1, -0.05) is 11.3 Å². The molecule has 3 rings (SSSR count). The van der Waals surface area contributed by atoms with Crippen LogP contribution >= 0.6 is 11.3 Å². The molecule has 0 saturated carbocycles. The Bertz CT molecular complexity index is 1270. The zero-order valence-electron chi connectivity index (χ0n) is 15.8. The summed E-state index contributed by atoms with van der Waals surface area (Å²) in [6.07, 6.45) is 0. The van der Waals surface area contributed by atoms with E-state index in [1.807, 2.05) is 0 Å². The predicted molar refractivity (Wildman–Crippen MR) is 112 cm³/mol. The number of nitrogens with two attached hydrogens (primary N) is 2. The normalized spacial score (nSPS) is 11.2. The van der Waals surface area contributed by atoms with Crippen molar-refractivity contribution >= 4 is 55.4 Å². The average Bonchev–Trinajstić information content (AvgIpc) is 3.00. The number of nitrogen functional groups attached to an aromatic ring is 1. The Labute approximate surface area is 179 Å². The molecule has 1 aromatic heterocycles. The number of aromatic nitrogens is 1. The molecule has 0 bridgehead atoms. The Hall–Kier alpha value is -3.42. The molecule has 1 heterocycles. The van der Waals surface area contributed by atoms with E-state index in [4.69, 9.17) is 10.9 Å². The first-order chi connectivity index (χ1) is 14.5. The molecule has 0 unspecified atom stereocenters. The molecule has 0 fully saturated rings. The SMILES string of the molecule is CC(=O)Nc1cc(F)c(C(=O)c2sc(Nc3ccc(S(N)(=O)=O)cc3)nc2N)c(F)c1. The zero-order valence-corrected chi connectivity index (χ0v) is 17.4. The first-order valence-corrected chi connectivity index (χ1v) is 10.8. The molecular weight excluding hydrogens is 452 g/mol. The number of carbonyl (C=O) groups is 2. The highest BCUT2D eigenvalue weighted by molar-refractivity contribution is 7.89. The third-order valence-electron chi connectivity index (χ3n) is 3.88. The highest BCUT2D eigenvalue weighted by Gasteiger charge is 2.25. The second-order valence-electron chi connectivity index (χ2n) is 6.25. The summed E-state index contributed by atoms with van der Waals surface area (Å²) >= 11 is 0.757. The molecule has 13 heteroatoms. The van der Waals surface area contributed by atoms with E-state index in [9.17, 15) is 26.8 Å². The van der Waals surface area contributed by atoms with Gasteiger partial charge in [0.15, 0.2) is 5.13 Å². The lowest BCUT2D eigenvalue weighted by molar-refractivity contribution is -0.114. The summed E-state index contributed by atoms with van der Waals surface area (Å²) < 4.78 is 51.3. The topological polar surface area (TPSA) is 157 Å². The minimum atomic E-state index is -3.85. The van der Waals surface area contributed by atoms with Crippen LogP contribution in [-0.2, 0) is 14.8 Å². The Morgan fingerprint density at radius 3 is 2.16 bits per heavy atom. The van der Waals surface area contributed by atoms with Crippen LogP contribution in [0.15, 0.2) is 41.3 Å². The predicted octanol–water partition coefficient (Wildman–Crippen LogP) is 2.58. The van der Waals surface area contributed by atoms with Crippen LogP contribution in [0.5, 0.6) is 0 Å². The molecule has 6 N–H and O–H groups in total. The van der Waals surface area contributed by atoms with Crippen molar-refractivity contribution < 1.29 is 26.8 Å². The molecule has 0 spiro atoms. The van der Waals surface area contributed by atoms with Gasteiger partial charge in [0, 0.05) is 18.3 Å². The van der Waals surface area contributed by atoms with Crippen LogP contribution < -0.4 is 21.5 Å². The number of sulfonamides is 1. The van der Waals surface area contributed by atoms with Crippen molar-refractivity contribution in [2.45, 2.75) is 11.8 Å². The van der Waals surface area contributed by atoms with Crippen molar-refractivity contribution in [1.29, 1.82) is 0 Å². The van der Waals surface area contributed by atoms with Crippen LogP contribution in [0, 0.1) is 11.6 Å². The molecule has 2 aromatic carbocycles. The fourth-order valence-electron chi connectivity index (χ4n) is 2.58. The van der Waals surface area contributed by atoms with Crippen molar-refractivity contribution in [2.75, 3.05) is 16.4 Å². The number of nitrogens with one attached hydrogen (secondary N) is 2. The highest BCUT2D eigenvalue weighted by Crippen LogP contribution is 2.32. The Balaban J connectivity index is 1.87. The van der Waals surface area contributed by atoms with E-state index in [0.717, 1.165) is 23.5 Å². The maximum Gasteiger partial charge on any atom is 0.238 e. The van der Waals surface area contributed by atoms with E-state index in [2.05, 4.69) is 15.6 Å². The van der Waals surface area contributed by atoms with E-state index >= 15 is 0 Å². The molecule has 0 aliphatic carbocycles. The average molecular weight is 467 g/mol. The lowest BCUT2D eigenvalue weighted by Gasteiger charge is -2.07. The van der Waals surface area contributed by atoms with Crippen molar-refractivity contribution in [2.24, 2.45) is 5.14 Å². The smallest absolute Gasteiger partial charge is 0.238 e. The summed E-state index contributed by atoms with van der Waals surface area (Å²) in [5.74, 6) is -4.14. The van der Waals surface area contributed by atoms with Gasteiger partial charge in [0.2, 0.25) is 21.7 Å².